The number of rotatable bonds is 9. The lowest BCUT2D eigenvalue weighted by Gasteiger charge is -2.21. The lowest BCUT2D eigenvalue weighted by atomic mass is 10.2. The molecule has 134 valence electrons. The minimum absolute atomic E-state index is 0.0818. The van der Waals surface area contributed by atoms with Gasteiger partial charge in [0.25, 0.3) is 0 Å². The number of hydrogen-bond donors (Lipinski definition) is 1. The highest BCUT2D eigenvalue weighted by Gasteiger charge is 2.11. The van der Waals surface area contributed by atoms with Gasteiger partial charge in [0, 0.05) is 13.1 Å². The minimum atomic E-state index is -0.0818. The molecule has 2 rings (SSSR count). The van der Waals surface area contributed by atoms with Crippen LogP contribution in [0, 0.1) is 0 Å². The summed E-state index contributed by atoms with van der Waals surface area (Å²) < 4.78 is 11.0. The van der Waals surface area contributed by atoms with Crippen LogP contribution in [0.15, 0.2) is 54.6 Å². The molecule has 0 saturated heterocycles. The molecule has 0 bridgehead atoms. The Kier molecular flexibility index (Phi) is 7.63. The first kappa shape index (κ1) is 18.6. The van der Waals surface area contributed by atoms with E-state index < -0.39 is 0 Å². The van der Waals surface area contributed by atoms with E-state index in [2.05, 4.69) is 5.32 Å². The Morgan fingerprint density at radius 1 is 0.960 bits per heavy atom. The molecule has 0 atom stereocenters. The first-order chi connectivity index (χ1) is 12.2. The summed E-state index contributed by atoms with van der Waals surface area (Å²) in [4.78, 5) is 14.0. The third-order valence-corrected chi connectivity index (χ3v) is 3.67. The van der Waals surface area contributed by atoms with Crippen LogP contribution in [0.5, 0.6) is 11.5 Å². The van der Waals surface area contributed by atoms with E-state index in [9.17, 15) is 4.79 Å². The van der Waals surface area contributed by atoms with Gasteiger partial charge in [-0.1, -0.05) is 30.3 Å². The molecule has 0 fully saturated rings. The molecule has 0 saturated carbocycles. The maximum atomic E-state index is 12.2. The first-order valence-electron chi connectivity index (χ1n) is 8.65. The molecular weight excluding hydrogens is 316 g/mol. The third kappa shape index (κ3) is 6.37. The molecule has 0 aromatic heterocycles. The predicted octanol–water partition coefficient (Wildman–Crippen LogP) is 3.70. The van der Waals surface area contributed by atoms with Gasteiger partial charge >= 0.3 is 6.03 Å². The lowest BCUT2D eigenvalue weighted by Crippen LogP contribution is -2.40. The van der Waals surface area contributed by atoms with E-state index in [0.29, 0.717) is 32.8 Å². The molecule has 5 heteroatoms. The van der Waals surface area contributed by atoms with Crippen LogP contribution in [0.25, 0.3) is 0 Å². The molecule has 2 aromatic carbocycles. The van der Waals surface area contributed by atoms with Crippen molar-refractivity contribution in [3.63, 3.8) is 0 Å². The Hall–Kier alpha value is -2.69. The van der Waals surface area contributed by atoms with Crippen LogP contribution >= 0.6 is 0 Å². The van der Waals surface area contributed by atoms with Gasteiger partial charge < -0.3 is 19.7 Å². The van der Waals surface area contributed by atoms with Crippen molar-refractivity contribution >= 4 is 6.03 Å². The van der Waals surface area contributed by atoms with Gasteiger partial charge in [0.2, 0.25) is 0 Å². The SMILES string of the molecule is CCOc1ccc(OCCNC(=O)N(CC)Cc2ccccc2)cc1. The fraction of sp³-hybridized carbons (Fsp3) is 0.350. The molecule has 0 radical (unpaired) electrons. The number of nitrogens with zero attached hydrogens (tertiary/aromatic N) is 1. The second kappa shape index (κ2) is 10.2. The number of carbonyl (C=O) groups excluding carboxylic acids is 1. The van der Waals surface area contributed by atoms with Gasteiger partial charge in [0.05, 0.1) is 13.2 Å². The first-order valence-corrected chi connectivity index (χ1v) is 8.65. The van der Waals surface area contributed by atoms with E-state index >= 15 is 0 Å². The maximum absolute atomic E-state index is 12.2. The second-order valence-electron chi connectivity index (χ2n) is 5.48. The summed E-state index contributed by atoms with van der Waals surface area (Å²) >= 11 is 0. The number of urea groups is 1. The average Bonchev–Trinajstić information content (AvgIpc) is 2.65. The highest BCUT2D eigenvalue weighted by atomic mass is 16.5. The van der Waals surface area contributed by atoms with Crippen LogP contribution in [0.1, 0.15) is 19.4 Å². The van der Waals surface area contributed by atoms with Gasteiger partial charge in [-0.2, -0.15) is 0 Å². The third-order valence-electron chi connectivity index (χ3n) is 3.67. The number of ether oxygens (including phenoxy) is 2. The summed E-state index contributed by atoms with van der Waals surface area (Å²) in [5, 5.41) is 2.89. The zero-order chi connectivity index (χ0) is 17.9. The molecule has 2 aromatic rings. The van der Waals surface area contributed by atoms with Gasteiger partial charge in [-0.05, 0) is 43.7 Å². The highest BCUT2D eigenvalue weighted by Crippen LogP contribution is 2.17. The van der Waals surface area contributed by atoms with Crippen molar-refractivity contribution in [3.05, 3.63) is 60.2 Å². The van der Waals surface area contributed by atoms with Crippen molar-refractivity contribution in [1.29, 1.82) is 0 Å². The Labute approximate surface area is 149 Å². The van der Waals surface area contributed by atoms with E-state index in [0.717, 1.165) is 17.1 Å². The summed E-state index contributed by atoms with van der Waals surface area (Å²) in [5.74, 6) is 1.58. The van der Waals surface area contributed by atoms with Crippen LogP contribution < -0.4 is 14.8 Å². The molecule has 0 aliphatic carbocycles. The van der Waals surface area contributed by atoms with Crippen LogP contribution in [0.3, 0.4) is 0 Å². The van der Waals surface area contributed by atoms with Crippen molar-refractivity contribution < 1.29 is 14.3 Å². The van der Waals surface area contributed by atoms with Gasteiger partial charge in [-0.3, -0.25) is 0 Å². The summed E-state index contributed by atoms with van der Waals surface area (Å²) in [6.07, 6.45) is 0. The summed E-state index contributed by atoms with van der Waals surface area (Å²) in [6, 6.07) is 17.3. The van der Waals surface area contributed by atoms with Crippen LogP contribution in [-0.4, -0.2) is 37.2 Å². The van der Waals surface area contributed by atoms with Crippen molar-refractivity contribution in [2.45, 2.75) is 20.4 Å². The minimum Gasteiger partial charge on any atom is -0.494 e. The number of benzene rings is 2. The van der Waals surface area contributed by atoms with Crippen LogP contribution in [-0.2, 0) is 6.54 Å². The predicted molar refractivity (Wildman–Crippen MR) is 99.0 cm³/mol. The summed E-state index contributed by atoms with van der Waals surface area (Å²) in [5.41, 5.74) is 1.12. The quantitative estimate of drug-likeness (QED) is 0.707. The Bertz CT molecular complexity index is 629. The lowest BCUT2D eigenvalue weighted by molar-refractivity contribution is 0.195. The monoisotopic (exact) mass is 342 g/mol. The molecule has 1 N–H and O–H groups in total. The zero-order valence-electron chi connectivity index (χ0n) is 14.9. The van der Waals surface area contributed by atoms with Gasteiger partial charge in [-0.15, -0.1) is 0 Å². The molecule has 0 unspecified atom stereocenters. The molecule has 0 heterocycles. The molecule has 5 nitrogen and oxygen atoms in total. The second-order valence-corrected chi connectivity index (χ2v) is 5.48. The average molecular weight is 342 g/mol. The number of amides is 2. The van der Waals surface area contributed by atoms with Crippen LogP contribution in [0.4, 0.5) is 4.79 Å². The van der Waals surface area contributed by atoms with E-state index in [4.69, 9.17) is 9.47 Å². The standard InChI is InChI=1S/C20H26N2O3/c1-3-22(16-17-8-6-5-7-9-17)20(23)21-14-15-25-19-12-10-18(11-13-19)24-4-2/h5-13H,3-4,14-16H2,1-2H3,(H,21,23). The van der Waals surface area contributed by atoms with Gasteiger partial charge in [0.1, 0.15) is 18.1 Å². The molecule has 25 heavy (non-hydrogen) atoms. The van der Waals surface area contributed by atoms with E-state index in [-0.39, 0.29) is 6.03 Å². The molecule has 0 aliphatic heterocycles. The van der Waals surface area contributed by atoms with Crippen molar-refractivity contribution in [1.82, 2.24) is 10.2 Å². The molecule has 0 aliphatic rings. The Morgan fingerprint density at radius 3 is 2.20 bits per heavy atom. The molecule has 2 amide bonds. The molecule has 0 spiro atoms. The number of hydrogen-bond acceptors (Lipinski definition) is 3. The smallest absolute Gasteiger partial charge is 0.317 e. The highest BCUT2D eigenvalue weighted by molar-refractivity contribution is 5.74. The fourth-order valence-corrected chi connectivity index (χ4v) is 2.37. The van der Waals surface area contributed by atoms with E-state index in [1.807, 2.05) is 68.4 Å². The Morgan fingerprint density at radius 2 is 1.60 bits per heavy atom. The number of nitrogens with one attached hydrogen (secondary N) is 1. The summed E-state index contributed by atoms with van der Waals surface area (Å²) in [7, 11) is 0. The topological polar surface area (TPSA) is 50.8 Å². The normalized spacial score (nSPS) is 10.2. The van der Waals surface area contributed by atoms with Crippen LogP contribution in [0.2, 0.25) is 0 Å². The summed E-state index contributed by atoms with van der Waals surface area (Å²) in [6.45, 7) is 6.69. The van der Waals surface area contributed by atoms with Crippen molar-refractivity contribution in [2.24, 2.45) is 0 Å². The maximum Gasteiger partial charge on any atom is 0.317 e. The molecular formula is C20H26N2O3. The van der Waals surface area contributed by atoms with Gasteiger partial charge in [0.15, 0.2) is 0 Å². The largest absolute Gasteiger partial charge is 0.494 e. The van der Waals surface area contributed by atoms with Crippen molar-refractivity contribution in [2.75, 3.05) is 26.3 Å². The number of carbonyl (C=O) groups is 1. The van der Waals surface area contributed by atoms with Crippen molar-refractivity contribution in [3.8, 4) is 11.5 Å². The zero-order valence-corrected chi connectivity index (χ0v) is 14.9. The van der Waals surface area contributed by atoms with E-state index in [1.54, 1.807) is 4.90 Å². The fourth-order valence-electron chi connectivity index (χ4n) is 2.37. The van der Waals surface area contributed by atoms with Gasteiger partial charge in [-0.25, -0.2) is 4.79 Å². The van der Waals surface area contributed by atoms with E-state index in [1.165, 1.54) is 0 Å². The Balaban J connectivity index is 1.71.